The Labute approximate surface area is 119 Å². The molecule has 0 unspecified atom stereocenters. The van der Waals surface area contributed by atoms with E-state index in [9.17, 15) is 4.39 Å². The Bertz CT molecular complexity index is 825. The van der Waals surface area contributed by atoms with Crippen LogP contribution in [0.5, 0.6) is 5.88 Å². The van der Waals surface area contributed by atoms with Crippen LogP contribution in [-0.2, 0) is 6.54 Å². The zero-order valence-electron chi connectivity index (χ0n) is 10.8. The highest BCUT2D eigenvalue weighted by Gasteiger charge is 2.10. The fraction of sp³-hybridized carbons (Fsp3) is 0.143. The highest BCUT2D eigenvalue weighted by atomic mass is 32.1. The van der Waals surface area contributed by atoms with Crippen LogP contribution in [0.4, 0.5) is 4.39 Å². The van der Waals surface area contributed by atoms with Crippen LogP contribution in [0, 0.1) is 10.6 Å². The molecule has 2 aromatic heterocycles. The van der Waals surface area contributed by atoms with Gasteiger partial charge in [-0.2, -0.15) is 4.98 Å². The van der Waals surface area contributed by atoms with E-state index in [2.05, 4.69) is 9.97 Å². The summed E-state index contributed by atoms with van der Waals surface area (Å²) in [6.45, 7) is 0.325. The minimum absolute atomic E-state index is 0.258. The van der Waals surface area contributed by atoms with E-state index in [1.165, 1.54) is 6.07 Å². The maximum atomic E-state index is 13.8. The van der Waals surface area contributed by atoms with Crippen LogP contribution in [0.15, 0.2) is 36.4 Å². The molecule has 4 nitrogen and oxygen atoms in total. The predicted molar refractivity (Wildman–Crippen MR) is 77.0 cm³/mol. The summed E-state index contributed by atoms with van der Waals surface area (Å²) in [6, 6.07) is 10.2. The average Bonchev–Trinajstić information content (AvgIpc) is 2.77. The van der Waals surface area contributed by atoms with E-state index in [0.29, 0.717) is 28.4 Å². The van der Waals surface area contributed by atoms with Crippen molar-refractivity contribution in [2.24, 2.45) is 0 Å². The number of methoxy groups -OCH3 is 1. The number of hydrogen-bond donors (Lipinski definition) is 1. The first-order chi connectivity index (χ1) is 9.69. The van der Waals surface area contributed by atoms with Gasteiger partial charge in [-0.15, -0.1) is 0 Å². The number of hydrogen-bond acceptors (Lipinski definition) is 3. The summed E-state index contributed by atoms with van der Waals surface area (Å²) >= 11 is 5.28. The van der Waals surface area contributed by atoms with E-state index in [4.69, 9.17) is 17.0 Å². The first-order valence-electron chi connectivity index (χ1n) is 6.06. The van der Waals surface area contributed by atoms with E-state index in [-0.39, 0.29) is 5.82 Å². The van der Waals surface area contributed by atoms with Crippen LogP contribution < -0.4 is 4.74 Å². The number of pyridine rings is 1. The topological polar surface area (TPSA) is 42.8 Å². The largest absolute Gasteiger partial charge is 0.481 e. The monoisotopic (exact) mass is 289 g/mol. The Morgan fingerprint density at radius 1 is 1.30 bits per heavy atom. The van der Waals surface area contributed by atoms with Gasteiger partial charge in [0.15, 0.2) is 10.4 Å². The van der Waals surface area contributed by atoms with Crippen LogP contribution in [0.3, 0.4) is 0 Å². The van der Waals surface area contributed by atoms with Gasteiger partial charge in [0.05, 0.1) is 19.2 Å². The molecule has 0 fully saturated rings. The number of rotatable bonds is 3. The number of imidazole rings is 1. The summed E-state index contributed by atoms with van der Waals surface area (Å²) in [5, 5.41) is 0. The van der Waals surface area contributed by atoms with Crippen molar-refractivity contribution in [2.45, 2.75) is 6.54 Å². The lowest BCUT2D eigenvalue weighted by atomic mass is 10.2. The summed E-state index contributed by atoms with van der Waals surface area (Å²) in [4.78, 5) is 7.42. The summed E-state index contributed by atoms with van der Waals surface area (Å²) in [6.07, 6.45) is 0. The first kappa shape index (κ1) is 12.8. The Kier molecular flexibility index (Phi) is 3.23. The molecule has 0 saturated carbocycles. The second-order valence-corrected chi connectivity index (χ2v) is 4.72. The molecule has 2 heterocycles. The molecular weight excluding hydrogens is 277 g/mol. The van der Waals surface area contributed by atoms with E-state index < -0.39 is 0 Å². The third kappa shape index (κ3) is 2.18. The lowest BCUT2D eigenvalue weighted by Crippen LogP contribution is -2.03. The molecule has 1 N–H and O–H groups in total. The van der Waals surface area contributed by atoms with Gasteiger partial charge in [0.2, 0.25) is 5.88 Å². The Balaban J connectivity index is 2.13. The van der Waals surface area contributed by atoms with Crippen molar-refractivity contribution >= 4 is 23.4 Å². The fourth-order valence-corrected chi connectivity index (χ4v) is 2.33. The van der Waals surface area contributed by atoms with Gasteiger partial charge in [0.25, 0.3) is 0 Å². The van der Waals surface area contributed by atoms with Gasteiger partial charge >= 0.3 is 0 Å². The molecule has 0 radical (unpaired) electrons. The third-order valence-corrected chi connectivity index (χ3v) is 3.41. The number of nitrogens with zero attached hydrogens (tertiary/aromatic N) is 2. The molecule has 3 aromatic rings. The molecule has 102 valence electrons. The molecule has 0 saturated heterocycles. The Morgan fingerprint density at radius 3 is 2.85 bits per heavy atom. The molecule has 0 atom stereocenters. The smallest absolute Gasteiger partial charge is 0.215 e. The highest BCUT2D eigenvalue weighted by Crippen LogP contribution is 2.18. The average molecular weight is 289 g/mol. The number of aromatic amines is 1. The number of ether oxygens (including phenoxy) is 1. The van der Waals surface area contributed by atoms with Gasteiger partial charge in [-0.05, 0) is 24.4 Å². The lowest BCUT2D eigenvalue weighted by Gasteiger charge is -2.06. The van der Waals surface area contributed by atoms with Crippen molar-refractivity contribution in [3.63, 3.8) is 0 Å². The summed E-state index contributed by atoms with van der Waals surface area (Å²) in [7, 11) is 1.55. The standard InChI is InChI=1S/C14H12FN3OS/c1-19-12-7-6-11-13(17-12)18(14(20)16-11)8-9-4-2-3-5-10(9)15/h2-7H,8H2,1H3,(H,16,20). The zero-order valence-corrected chi connectivity index (χ0v) is 11.6. The summed E-state index contributed by atoms with van der Waals surface area (Å²) in [5.74, 6) is 0.237. The SMILES string of the molecule is COc1ccc2[nH]c(=S)n(Cc3ccccc3F)c2n1. The van der Waals surface area contributed by atoms with Crippen LogP contribution >= 0.6 is 12.2 Å². The first-order valence-corrected chi connectivity index (χ1v) is 6.47. The quantitative estimate of drug-likeness (QED) is 0.752. The van der Waals surface area contributed by atoms with E-state index in [0.717, 1.165) is 5.52 Å². The minimum atomic E-state index is -0.258. The van der Waals surface area contributed by atoms with Gasteiger partial charge in [0, 0.05) is 11.6 Å². The van der Waals surface area contributed by atoms with Gasteiger partial charge in [-0.3, -0.25) is 4.57 Å². The van der Waals surface area contributed by atoms with E-state index in [1.807, 2.05) is 6.07 Å². The molecule has 0 aliphatic heterocycles. The van der Waals surface area contributed by atoms with Crippen molar-refractivity contribution < 1.29 is 9.13 Å². The maximum absolute atomic E-state index is 13.8. The van der Waals surface area contributed by atoms with Crippen molar-refractivity contribution in [2.75, 3.05) is 7.11 Å². The Hall–Kier alpha value is -2.21. The van der Waals surface area contributed by atoms with Gasteiger partial charge < -0.3 is 9.72 Å². The normalized spacial score (nSPS) is 10.9. The summed E-state index contributed by atoms with van der Waals surface area (Å²) in [5.41, 5.74) is 2.01. The fourth-order valence-electron chi connectivity index (χ4n) is 2.07. The van der Waals surface area contributed by atoms with Crippen molar-refractivity contribution in [3.8, 4) is 5.88 Å². The Morgan fingerprint density at radius 2 is 2.10 bits per heavy atom. The molecule has 20 heavy (non-hydrogen) atoms. The number of benzene rings is 1. The van der Waals surface area contributed by atoms with Crippen molar-refractivity contribution in [1.82, 2.24) is 14.5 Å². The molecule has 0 aliphatic carbocycles. The zero-order chi connectivity index (χ0) is 14.1. The minimum Gasteiger partial charge on any atom is -0.481 e. The number of aromatic nitrogens is 3. The summed E-state index contributed by atoms with van der Waals surface area (Å²) < 4.78 is 21.1. The highest BCUT2D eigenvalue weighted by molar-refractivity contribution is 7.71. The third-order valence-electron chi connectivity index (χ3n) is 3.09. The van der Waals surface area contributed by atoms with E-state index >= 15 is 0 Å². The van der Waals surface area contributed by atoms with Crippen LogP contribution in [-0.4, -0.2) is 21.6 Å². The van der Waals surface area contributed by atoms with Crippen molar-refractivity contribution in [1.29, 1.82) is 0 Å². The molecule has 0 amide bonds. The van der Waals surface area contributed by atoms with Crippen LogP contribution in [0.25, 0.3) is 11.2 Å². The van der Waals surface area contributed by atoms with E-state index in [1.54, 1.807) is 35.9 Å². The molecule has 0 aliphatic rings. The number of nitrogens with one attached hydrogen (secondary N) is 1. The van der Waals surface area contributed by atoms with Gasteiger partial charge in [0.1, 0.15) is 5.82 Å². The van der Waals surface area contributed by atoms with Crippen LogP contribution in [0.1, 0.15) is 5.56 Å². The lowest BCUT2D eigenvalue weighted by molar-refractivity contribution is 0.399. The molecule has 0 bridgehead atoms. The maximum Gasteiger partial charge on any atom is 0.215 e. The molecule has 3 rings (SSSR count). The molecule has 6 heteroatoms. The molecule has 0 spiro atoms. The number of halogens is 1. The number of fused-ring (bicyclic) bond motifs is 1. The molecular formula is C14H12FN3OS. The predicted octanol–water partition coefficient (Wildman–Crippen LogP) is 3.29. The second-order valence-electron chi connectivity index (χ2n) is 4.33. The van der Waals surface area contributed by atoms with Crippen molar-refractivity contribution in [3.05, 3.63) is 52.5 Å². The molecule has 1 aromatic carbocycles. The van der Waals surface area contributed by atoms with Gasteiger partial charge in [-0.1, -0.05) is 18.2 Å². The second kappa shape index (κ2) is 5.05. The van der Waals surface area contributed by atoms with Crippen LogP contribution in [0.2, 0.25) is 0 Å². The number of H-pyrrole nitrogens is 1. The van der Waals surface area contributed by atoms with Gasteiger partial charge in [-0.25, -0.2) is 4.39 Å².